The van der Waals surface area contributed by atoms with Crippen LogP contribution in [0, 0.1) is 23.7 Å². The zero-order chi connectivity index (χ0) is 14.3. The fourth-order valence-electron chi connectivity index (χ4n) is 6.34. The summed E-state index contributed by atoms with van der Waals surface area (Å²) < 4.78 is 8.18. The van der Waals surface area contributed by atoms with Crippen molar-refractivity contribution in [3.05, 3.63) is 36.2 Å². The Bertz CT molecular complexity index is 737. The number of hydrogen-bond acceptors (Lipinski definition) is 3. The van der Waals surface area contributed by atoms with Crippen molar-refractivity contribution in [3.63, 3.8) is 0 Å². The second-order valence-corrected chi connectivity index (χ2v) is 7.68. The Morgan fingerprint density at radius 3 is 2.50 bits per heavy atom. The summed E-state index contributed by atoms with van der Waals surface area (Å²) in [4.78, 5) is 4.39. The third-order valence-electron chi connectivity index (χ3n) is 6.77. The lowest BCUT2D eigenvalue weighted by Gasteiger charge is -2.61. The van der Waals surface area contributed by atoms with E-state index < -0.39 is 0 Å². The molecule has 1 aliphatic heterocycles. The lowest BCUT2D eigenvalue weighted by Crippen LogP contribution is -2.60. The van der Waals surface area contributed by atoms with Gasteiger partial charge in [0.05, 0.1) is 0 Å². The van der Waals surface area contributed by atoms with Crippen LogP contribution in [-0.2, 0) is 5.54 Å². The maximum Gasteiger partial charge on any atom is 0.321 e. The molecule has 4 nitrogen and oxygen atoms in total. The minimum absolute atomic E-state index is 0.00586. The van der Waals surface area contributed by atoms with Gasteiger partial charge in [0.15, 0.2) is 0 Å². The Morgan fingerprint density at radius 1 is 1.00 bits per heavy atom. The van der Waals surface area contributed by atoms with Gasteiger partial charge in [0.2, 0.25) is 0 Å². The predicted octanol–water partition coefficient (Wildman–Crippen LogP) is 3.58. The van der Waals surface area contributed by atoms with Crippen LogP contribution in [0.15, 0.2) is 30.6 Å². The van der Waals surface area contributed by atoms with Crippen LogP contribution in [0.5, 0.6) is 11.8 Å². The number of benzene rings is 1. The molecule has 1 aromatic carbocycles. The molecule has 5 aliphatic rings. The molecule has 0 atom stereocenters. The van der Waals surface area contributed by atoms with E-state index in [0.29, 0.717) is 17.8 Å². The molecule has 0 saturated heterocycles. The molecule has 4 bridgehead atoms. The van der Waals surface area contributed by atoms with Gasteiger partial charge in [-0.3, -0.25) is 0 Å². The van der Waals surface area contributed by atoms with Crippen LogP contribution in [0.4, 0.5) is 0 Å². The van der Waals surface area contributed by atoms with Gasteiger partial charge in [-0.05, 0) is 61.8 Å². The van der Waals surface area contributed by atoms with Crippen molar-refractivity contribution in [2.75, 3.05) is 0 Å². The molecule has 1 aromatic heterocycles. The molecule has 7 rings (SSSR count). The first-order chi connectivity index (χ1) is 10.9. The van der Waals surface area contributed by atoms with E-state index in [2.05, 4.69) is 39.0 Å². The highest BCUT2D eigenvalue weighted by Crippen LogP contribution is 2.65. The second kappa shape index (κ2) is 3.73. The van der Waals surface area contributed by atoms with E-state index in [1.54, 1.807) is 6.33 Å². The summed E-state index contributed by atoms with van der Waals surface area (Å²) in [6.07, 6.45) is 8.52. The lowest BCUT2D eigenvalue weighted by molar-refractivity contribution is -0.0883. The number of ether oxygens (including phenoxy) is 1. The molecule has 0 N–H and O–H groups in total. The smallest absolute Gasteiger partial charge is 0.321 e. The number of rotatable bonds is 0. The van der Waals surface area contributed by atoms with Crippen LogP contribution in [0.3, 0.4) is 0 Å². The molecule has 4 saturated carbocycles. The van der Waals surface area contributed by atoms with E-state index in [4.69, 9.17) is 4.74 Å². The van der Waals surface area contributed by atoms with Crippen molar-refractivity contribution < 1.29 is 4.74 Å². The van der Waals surface area contributed by atoms with Crippen molar-refractivity contribution in [3.8, 4) is 11.8 Å². The molecular weight excluding hydrogens is 274 g/mol. The zero-order valence-electron chi connectivity index (χ0n) is 12.5. The van der Waals surface area contributed by atoms with E-state index >= 15 is 0 Å². The lowest BCUT2D eigenvalue weighted by atomic mass is 9.47. The van der Waals surface area contributed by atoms with E-state index in [1.807, 2.05) is 0 Å². The normalized spacial score (nSPS) is 40.4. The number of fused-ring (bicyclic) bond motifs is 2. The Balaban J connectivity index is 1.67. The Kier molecular flexibility index (Phi) is 1.98. The molecule has 1 spiro atoms. The monoisotopic (exact) mass is 293 g/mol. The van der Waals surface area contributed by atoms with Gasteiger partial charge in [-0.15, -0.1) is 0 Å². The van der Waals surface area contributed by atoms with Gasteiger partial charge in [-0.2, -0.15) is 10.1 Å². The number of hydrogen-bond donors (Lipinski definition) is 0. The molecule has 4 fully saturated rings. The first kappa shape index (κ1) is 11.7. The summed E-state index contributed by atoms with van der Waals surface area (Å²) in [5.74, 6) is 4.25. The van der Waals surface area contributed by atoms with Gasteiger partial charge in [-0.25, -0.2) is 4.68 Å². The van der Waals surface area contributed by atoms with Crippen molar-refractivity contribution >= 4 is 0 Å². The Hall–Kier alpha value is -1.84. The van der Waals surface area contributed by atoms with E-state index in [0.717, 1.165) is 17.6 Å². The molecule has 2 heterocycles. The van der Waals surface area contributed by atoms with Crippen LogP contribution in [-0.4, -0.2) is 14.8 Å². The molecule has 112 valence electrons. The maximum atomic E-state index is 6.04. The summed E-state index contributed by atoms with van der Waals surface area (Å²) in [5.41, 5.74) is 1.34. The second-order valence-electron chi connectivity index (χ2n) is 7.68. The van der Waals surface area contributed by atoms with Crippen LogP contribution >= 0.6 is 0 Å². The van der Waals surface area contributed by atoms with E-state index in [-0.39, 0.29) is 5.54 Å². The zero-order valence-corrected chi connectivity index (χ0v) is 12.5. The first-order valence-corrected chi connectivity index (χ1v) is 8.53. The predicted molar refractivity (Wildman–Crippen MR) is 80.7 cm³/mol. The van der Waals surface area contributed by atoms with Crippen LogP contribution in [0.25, 0.3) is 0 Å². The van der Waals surface area contributed by atoms with Gasteiger partial charge in [0.1, 0.15) is 17.6 Å². The van der Waals surface area contributed by atoms with Crippen LogP contribution < -0.4 is 4.74 Å². The number of para-hydroxylation sites is 1. The third-order valence-corrected chi connectivity index (χ3v) is 6.77. The summed E-state index contributed by atoms with van der Waals surface area (Å²) in [7, 11) is 0. The Labute approximate surface area is 129 Å². The van der Waals surface area contributed by atoms with E-state index in [1.165, 1.54) is 37.7 Å². The van der Waals surface area contributed by atoms with Gasteiger partial charge in [0, 0.05) is 5.56 Å². The van der Waals surface area contributed by atoms with Crippen LogP contribution in [0.1, 0.15) is 37.7 Å². The van der Waals surface area contributed by atoms with Crippen molar-refractivity contribution in [1.29, 1.82) is 0 Å². The van der Waals surface area contributed by atoms with Crippen molar-refractivity contribution in [2.45, 2.75) is 37.6 Å². The summed E-state index contributed by atoms with van der Waals surface area (Å²) in [6.45, 7) is 0. The van der Waals surface area contributed by atoms with Gasteiger partial charge >= 0.3 is 6.01 Å². The molecule has 0 unspecified atom stereocenters. The van der Waals surface area contributed by atoms with Crippen molar-refractivity contribution in [1.82, 2.24) is 14.8 Å². The minimum atomic E-state index is -0.00586. The van der Waals surface area contributed by atoms with Crippen molar-refractivity contribution in [2.24, 2.45) is 23.7 Å². The average molecular weight is 293 g/mol. The molecule has 0 radical (unpaired) electrons. The highest BCUT2D eigenvalue weighted by atomic mass is 16.5. The fourth-order valence-corrected chi connectivity index (χ4v) is 6.34. The van der Waals surface area contributed by atoms with Gasteiger partial charge in [0.25, 0.3) is 0 Å². The van der Waals surface area contributed by atoms with Crippen LogP contribution in [0.2, 0.25) is 0 Å². The summed E-state index contributed by atoms with van der Waals surface area (Å²) in [6, 6.07) is 9.26. The molecule has 4 heteroatoms. The third kappa shape index (κ3) is 1.19. The first-order valence-electron chi connectivity index (χ1n) is 8.53. The topological polar surface area (TPSA) is 39.9 Å². The van der Waals surface area contributed by atoms with E-state index in [9.17, 15) is 0 Å². The quantitative estimate of drug-likeness (QED) is 0.745. The summed E-state index contributed by atoms with van der Waals surface area (Å²) in [5, 5.41) is 4.64. The molecule has 2 aromatic rings. The standard InChI is InChI=1S/C18H19N3O/c1-2-4-16-15(3-1)18(21-17(22-16)19-10-20-21)13-6-11-5-12(8-13)9-14(18)7-11/h1-4,10-14H,5-9H2. The molecular formula is C18H19N3O. The SMILES string of the molecule is c1ccc2c(c1)Oc1ncnn1C21C2CC3CC(C2)CC1C3. The Morgan fingerprint density at radius 2 is 1.73 bits per heavy atom. The van der Waals surface area contributed by atoms with Gasteiger partial charge in [-0.1, -0.05) is 18.2 Å². The average Bonchev–Trinajstić information content (AvgIpc) is 2.99. The molecule has 22 heavy (non-hydrogen) atoms. The number of nitrogens with zero attached hydrogens (tertiary/aromatic N) is 3. The molecule has 0 amide bonds. The maximum absolute atomic E-state index is 6.04. The minimum Gasteiger partial charge on any atom is -0.424 e. The fraction of sp³-hybridized carbons (Fsp3) is 0.556. The summed E-state index contributed by atoms with van der Waals surface area (Å²) >= 11 is 0. The highest BCUT2D eigenvalue weighted by Gasteiger charge is 2.62. The molecule has 4 aliphatic carbocycles. The van der Waals surface area contributed by atoms with Gasteiger partial charge < -0.3 is 4.74 Å². The number of aromatic nitrogens is 3. The highest BCUT2D eigenvalue weighted by molar-refractivity contribution is 5.46. The largest absolute Gasteiger partial charge is 0.424 e.